The number of alkyl halides is 1. The number of carbonyl (C=O) groups is 1. The van der Waals surface area contributed by atoms with E-state index in [1.807, 2.05) is 24.3 Å². The van der Waals surface area contributed by atoms with Crippen molar-refractivity contribution in [3.8, 4) is 17.2 Å². The molecule has 0 heterocycles. The van der Waals surface area contributed by atoms with E-state index in [9.17, 15) is 4.79 Å². The molecule has 0 atom stereocenters. The summed E-state index contributed by atoms with van der Waals surface area (Å²) in [5.41, 5.74) is 0.752. The zero-order chi connectivity index (χ0) is 18.6. The van der Waals surface area contributed by atoms with Crippen molar-refractivity contribution in [3.05, 3.63) is 44.1 Å². The minimum Gasteiger partial charge on any atom is -0.490 e. The van der Waals surface area contributed by atoms with Crippen LogP contribution in [-0.4, -0.2) is 23.6 Å². The Morgan fingerprint density at radius 1 is 0.960 bits per heavy atom. The second-order valence-corrected chi connectivity index (χ2v) is 9.84. The Kier molecular flexibility index (Phi) is 9.08. The zero-order valence-corrected chi connectivity index (χ0v) is 21.9. The normalized spacial score (nSPS) is 10.6. The monoisotopic (exact) mass is 810 g/mol. The molecule has 0 fully saturated rings. The van der Waals surface area contributed by atoms with Crippen LogP contribution in [0.5, 0.6) is 17.2 Å². The maximum absolute atomic E-state index is 10.9. The maximum Gasteiger partial charge on any atom is 0.307 e. The van der Waals surface area contributed by atoms with Gasteiger partial charge in [-0.05, 0) is 120 Å². The van der Waals surface area contributed by atoms with E-state index in [0.717, 1.165) is 31.3 Å². The third-order valence-electron chi connectivity index (χ3n) is 2.93. The highest BCUT2D eigenvalue weighted by Crippen LogP contribution is 2.37. The third kappa shape index (κ3) is 6.38. The van der Waals surface area contributed by atoms with Gasteiger partial charge < -0.3 is 14.6 Å². The molecular weight excluding hydrogens is 799 g/mol. The van der Waals surface area contributed by atoms with Crippen molar-refractivity contribution in [1.29, 1.82) is 0 Å². The number of aliphatic carboxylic acids is 1. The topological polar surface area (TPSA) is 55.8 Å². The van der Waals surface area contributed by atoms with Crippen LogP contribution < -0.4 is 9.47 Å². The minimum atomic E-state index is -0.850. The minimum absolute atomic E-state index is 0.00527. The van der Waals surface area contributed by atoms with E-state index in [1.54, 1.807) is 0 Å². The highest BCUT2D eigenvalue weighted by Gasteiger charge is 2.15. The van der Waals surface area contributed by atoms with E-state index in [2.05, 4.69) is 90.4 Å². The molecular formula is C16H11ClI4O4. The van der Waals surface area contributed by atoms with Crippen LogP contribution in [0.1, 0.15) is 5.56 Å². The van der Waals surface area contributed by atoms with Crippen LogP contribution >= 0.6 is 102 Å². The predicted molar refractivity (Wildman–Crippen MR) is 131 cm³/mol. The number of benzene rings is 2. The van der Waals surface area contributed by atoms with E-state index < -0.39 is 5.97 Å². The van der Waals surface area contributed by atoms with Gasteiger partial charge in [0.25, 0.3) is 0 Å². The van der Waals surface area contributed by atoms with Gasteiger partial charge in [-0.2, -0.15) is 0 Å². The summed E-state index contributed by atoms with van der Waals surface area (Å²) in [6, 6.07) is 7.48. The number of carboxylic acid groups (broad SMARTS) is 1. The van der Waals surface area contributed by atoms with Crippen molar-refractivity contribution in [2.24, 2.45) is 0 Å². The molecule has 0 saturated heterocycles. The summed E-state index contributed by atoms with van der Waals surface area (Å²) in [7, 11) is 0. The smallest absolute Gasteiger partial charge is 0.307 e. The molecule has 0 aliphatic carbocycles. The van der Waals surface area contributed by atoms with Crippen molar-refractivity contribution in [3.63, 3.8) is 0 Å². The second-order valence-electron chi connectivity index (χ2n) is 4.81. The summed E-state index contributed by atoms with van der Waals surface area (Å²) in [5.74, 6) is 1.81. The second kappa shape index (κ2) is 10.3. The SMILES string of the molecule is O=C(O)Cc1cc(I)c(Oc2cc(I)c(OCCCl)c(I)c2)c(I)c1. The van der Waals surface area contributed by atoms with Gasteiger partial charge in [-0.3, -0.25) is 4.79 Å². The predicted octanol–water partition coefficient (Wildman–Crippen LogP) is 6.14. The number of rotatable bonds is 7. The molecule has 0 unspecified atom stereocenters. The Bertz CT molecular complexity index is 752. The van der Waals surface area contributed by atoms with Crippen molar-refractivity contribution in [2.45, 2.75) is 6.42 Å². The molecule has 0 saturated carbocycles. The molecule has 0 aliphatic heterocycles. The molecule has 0 amide bonds. The highest BCUT2D eigenvalue weighted by atomic mass is 127. The molecule has 2 aromatic rings. The number of hydrogen-bond donors (Lipinski definition) is 1. The van der Waals surface area contributed by atoms with Crippen molar-refractivity contribution >= 4 is 108 Å². The van der Waals surface area contributed by atoms with E-state index in [4.69, 9.17) is 26.2 Å². The van der Waals surface area contributed by atoms with Crippen LogP contribution in [0.3, 0.4) is 0 Å². The Labute approximate surface area is 204 Å². The van der Waals surface area contributed by atoms with E-state index in [0.29, 0.717) is 18.2 Å². The van der Waals surface area contributed by atoms with Crippen LogP contribution in [0.15, 0.2) is 24.3 Å². The zero-order valence-electron chi connectivity index (χ0n) is 12.5. The Balaban J connectivity index is 2.29. The van der Waals surface area contributed by atoms with Gasteiger partial charge in [0.15, 0.2) is 5.75 Å². The number of carboxylic acids is 1. The lowest BCUT2D eigenvalue weighted by Gasteiger charge is -2.14. The van der Waals surface area contributed by atoms with Crippen LogP contribution in [0.25, 0.3) is 0 Å². The fourth-order valence-electron chi connectivity index (χ4n) is 1.98. The van der Waals surface area contributed by atoms with Gasteiger partial charge in [0, 0.05) is 0 Å². The highest BCUT2D eigenvalue weighted by molar-refractivity contribution is 14.1. The molecule has 0 aliphatic rings. The summed E-state index contributed by atoms with van der Waals surface area (Å²) in [4.78, 5) is 10.9. The molecule has 134 valence electrons. The first-order valence-corrected chi connectivity index (χ1v) is 11.7. The number of hydrogen-bond acceptors (Lipinski definition) is 3. The largest absolute Gasteiger partial charge is 0.490 e. The van der Waals surface area contributed by atoms with Gasteiger partial charge in [0.05, 0.1) is 26.6 Å². The molecule has 4 nitrogen and oxygen atoms in total. The van der Waals surface area contributed by atoms with Gasteiger partial charge in [0.2, 0.25) is 0 Å². The molecule has 2 aromatic carbocycles. The molecule has 0 bridgehead atoms. The lowest BCUT2D eigenvalue weighted by atomic mass is 10.1. The van der Waals surface area contributed by atoms with Crippen LogP contribution in [0, 0.1) is 14.3 Å². The summed E-state index contributed by atoms with van der Waals surface area (Å²) in [5, 5.41) is 8.94. The van der Waals surface area contributed by atoms with E-state index in [1.165, 1.54) is 0 Å². The molecule has 2 rings (SSSR count). The third-order valence-corrected chi connectivity index (χ3v) is 6.29. The maximum atomic E-state index is 10.9. The Morgan fingerprint density at radius 3 is 1.96 bits per heavy atom. The lowest BCUT2D eigenvalue weighted by Crippen LogP contribution is -2.03. The van der Waals surface area contributed by atoms with Crippen molar-refractivity contribution in [2.75, 3.05) is 12.5 Å². The van der Waals surface area contributed by atoms with Gasteiger partial charge >= 0.3 is 5.97 Å². The van der Waals surface area contributed by atoms with Crippen LogP contribution in [-0.2, 0) is 11.2 Å². The summed E-state index contributed by atoms with van der Waals surface area (Å²) in [6.45, 7) is 0.453. The van der Waals surface area contributed by atoms with E-state index in [-0.39, 0.29) is 6.42 Å². The lowest BCUT2D eigenvalue weighted by molar-refractivity contribution is -0.136. The van der Waals surface area contributed by atoms with E-state index >= 15 is 0 Å². The van der Waals surface area contributed by atoms with Crippen molar-refractivity contribution < 1.29 is 19.4 Å². The van der Waals surface area contributed by atoms with Crippen molar-refractivity contribution in [1.82, 2.24) is 0 Å². The summed E-state index contributed by atoms with van der Waals surface area (Å²) < 4.78 is 15.3. The quantitative estimate of drug-likeness (QED) is 0.270. The first-order chi connectivity index (χ1) is 11.8. The first kappa shape index (κ1) is 22.0. The van der Waals surface area contributed by atoms with Crippen LogP contribution in [0.4, 0.5) is 0 Å². The fraction of sp³-hybridized carbons (Fsp3) is 0.188. The van der Waals surface area contributed by atoms with Gasteiger partial charge in [-0.15, -0.1) is 11.6 Å². The first-order valence-electron chi connectivity index (χ1n) is 6.87. The standard InChI is InChI=1S/C16H11ClI4O4/c17-1-2-24-15-12(20)6-9(7-13(15)21)25-16-10(18)3-8(4-11(16)19)5-14(22)23/h3-4,6-7H,1-2,5H2,(H,22,23). The Hall–Kier alpha value is 0.720. The average molecular weight is 810 g/mol. The molecule has 1 N–H and O–H groups in total. The fourth-order valence-corrected chi connectivity index (χ4v) is 6.20. The summed E-state index contributed by atoms with van der Waals surface area (Å²) >= 11 is 14.4. The number of halogens is 5. The molecule has 25 heavy (non-hydrogen) atoms. The molecule has 0 radical (unpaired) electrons. The summed E-state index contributed by atoms with van der Waals surface area (Å²) in [6.07, 6.45) is -0.00527. The van der Waals surface area contributed by atoms with Crippen LogP contribution in [0.2, 0.25) is 0 Å². The number of ether oxygens (including phenoxy) is 2. The Morgan fingerprint density at radius 2 is 1.48 bits per heavy atom. The average Bonchev–Trinajstić information content (AvgIpc) is 2.49. The van der Waals surface area contributed by atoms with Gasteiger partial charge in [-0.1, -0.05) is 0 Å². The molecule has 0 spiro atoms. The molecule has 9 heteroatoms. The van der Waals surface area contributed by atoms with Gasteiger partial charge in [-0.25, -0.2) is 0 Å². The molecule has 0 aromatic heterocycles. The van der Waals surface area contributed by atoms with Gasteiger partial charge in [0.1, 0.15) is 18.1 Å².